The summed E-state index contributed by atoms with van der Waals surface area (Å²) in [5.41, 5.74) is -1.27. The zero-order valence-corrected chi connectivity index (χ0v) is 9.48. The van der Waals surface area contributed by atoms with E-state index in [0.29, 0.717) is 11.1 Å². The predicted octanol–water partition coefficient (Wildman–Crippen LogP) is 0.308. The number of aryl methyl sites for hydroxylation is 1. The quantitative estimate of drug-likeness (QED) is 0.663. The van der Waals surface area contributed by atoms with Crippen LogP contribution in [0.4, 0.5) is 0 Å². The number of carbonyl (C=O) groups excluding carboxylic acids is 1. The molecular weight excluding hydrogens is 236 g/mol. The molecule has 1 heterocycles. The Morgan fingerprint density at radius 2 is 1.83 bits per heavy atom. The van der Waals surface area contributed by atoms with Crippen LogP contribution in [-0.4, -0.2) is 20.9 Å². The summed E-state index contributed by atoms with van der Waals surface area (Å²) in [5, 5.41) is 9.50. The Hall–Kier alpha value is -2.63. The van der Waals surface area contributed by atoms with Gasteiger partial charge >= 0.3 is 5.69 Å². The fraction of sp³-hybridized carbons (Fsp3) is 0.0833. The van der Waals surface area contributed by atoms with Gasteiger partial charge in [0.25, 0.3) is 5.56 Å². The maximum absolute atomic E-state index is 12.1. The van der Waals surface area contributed by atoms with E-state index in [4.69, 9.17) is 0 Å². The molecule has 1 aromatic carbocycles. The van der Waals surface area contributed by atoms with Crippen LogP contribution in [0.3, 0.4) is 0 Å². The van der Waals surface area contributed by atoms with E-state index >= 15 is 0 Å². The van der Waals surface area contributed by atoms with Gasteiger partial charge in [-0.05, 0) is 12.5 Å². The van der Waals surface area contributed by atoms with Crippen LogP contribution in [0.2, 0.25) is 0 Å². The molecule has 6 nitrogen and oxygen atoms in total. The summed E-state index contributed by atoms with van der Waals surface area (Å²) >= 11 is 0. The molecule has 3 N–H and O–H groups in total. The first-order valence-electron chi connectivity index (χ1n) is 5.16. The molecule has 0 saturated carbocycles. The Kier molecular flexibility index (Phi) is 2.85. The molecule has 0 aliphatic heterocycles. The highest BCUT2D eigenvalue weighted by atomic mass is 16.3. The summed E-state index contributed by atoms with van der Waals surface area (Å²) < 4.78 is 0. The van der Waals surface area contributed by atoms with Gasteiger partial charge in [-0.3, -0.25) is 19.6 Å². The number of H-pyrrole nitrogens is 2. The molecule has 0 aliphatic carbocycles. The molecule has 1 aromatic heterocycles. The Bertz CT molecular complexity index is 727. The molecule has 6 heteroatoms. The van der Waals surface area contributed by atoms with E-state index < -0.39 is 28.5 Å². The molecule has 0 fully saturated rings. The monoisotopic (exact) mass is 246 g/mol. The van der Waals surface area contributed by atoms with Crippen molar-refractivity contribution >= 4 is 5.78 Å². The van der Waals surface area contributed by atoms with Gasteiger partial charge < -0.3 is 5.11 Å². The lowest BCUT2D eigenvalue weighted by Crippen LogP contribution is -2.28. The van der Waals surface area contributed by atoms with E-state index in [1.54, 1.807) is 31.2 Å². The minimum absolute atomic E-state index is 0.297. The van der Waals surface area contributed by atoms with Crippen molar-refractivity contribution < 1.29 is 9.90 Å². The van der Waals surface area contributed by atoms with E-state index in [9.17, 15) is 19.5 Å². The number of aromatic amines is 2. The first kappa shape index (κ1) is 11.8. The van der Waals surface area contributed by atoms with E-state index in [0.717, 1.165) is 0 Å². The van der Waals surface area contributed by atoms with Crippen molar-refractivity contribution in [3.63, 3.8) is 0 Å². The normalized spacial score (nSPS) is 10.3. The second-order valence-electron chi connectivity index (χ2n) is 3.78. The van der Waals surface area contributed by atoms with Crippen molar-refractivity contribution in [3.8, 4) is 5.88 Å². The molecule has 2 rings (SSSR count). The number of hydrogen-bond acceptors (Lipinski definition) is 4. The van der Waals surface area contributed by atoms with Gasteiger partial charge in [-0.15, -0.1) is 0 Å². The fourth-order valence-corrected chi connectivity index (χ4v) is 1.65. The maximum Gasteiger partial charge on any atom is 0.328 e. The number of carbonyl (C=O) groups is 1. The van der Waals surface area contributed by atoms with Crippen molar-refractivity contribution in [3.05, 3.63) is 61.8 Å². The van der Waals surface area contributed by atoms with E-state index in [1.807, 2.05) is 9.97 Å². The number of ketones is 1. The summed E-state index contributed by atoms with van der Waals surface area (Å²) in [5.74, 6) is -1.36. The number of rotatable bonds is 2. The van der Waals surface area contributed by atoms with Gasteiger partial charge in [-0.1, -0.05) is 24.3 Å². The highest BCUT2D eigenvalue weighted by Gasteiger charge is 2.20. The van der Waals surface area contributed by atoms with Crippen molar-refractivity contribution in [1.29, 1.82) is 0 Å². The summed E-state index contributed by atoms with van der Waals surface area (Å²) in [6.45, 7) is 1.71. The summed E-state index contributed by atoms with van der Waals surface area (Å²) in [6.07, 6.45) is 0. The van der Waals surface area contributed by atoms with Crippen LogP contribution in [0.15, 0.2) is 33.9 Å². The lowest BCUT2D eigenvalue weighted by Gasteiger charge is -2.04. The third kappa shape index (κ3) is 1.95. The summed E-state index contributed by atoms with van der Waals surface area (Å²) in [7, 11) is 0. The minimum Gasteiger partial charge on any atom is -0.494 e. The highest BCUT2D eigenvalue weighted by Crippen LogP contribution is 2.15. The maximum atomic E-state index is 12.1. The molecule has 2 aromatic rings. The predicted molar refractivity (Wildman–Crippen MR) is 64.0 cm³/mol. The topological polar surface area (TPSA) is 103 Å². The molecule has 0 radical (unpaired) electrons. The molecule has 92 valence electrons. The van der Waals surface area contributed by atoms with Crippen LogP contribution in [0.1, 0.15) is 21.5 Å². The van der Waals surface area contributed by atoms with Crippen LogP contribution in [0.25, 0.3) is 0 Å². The van der Waals surface area contributed by atoms with Crippen molar-refractivity contribution in [2.75, 3.05) is 0 Å². The highest BCUT2D eigenvalue weighted by molar-refractivity contribution is 6.10. The van der Waals surface area contributed by atoms with Gasteiger partial charge in [0.1, 0.15) is 5.56 Å². The number of aromatic hydroxyl groups is 1. The summed E-state index contributed by atoms with van der Waals surface area (Å²) in [6, 6.07) is 6.66. The lowest BCUT2D eigenvalue weighted by atomic mass is 10.0. The molecular formula is C12H10N2O4. The SMILES string of the molecule is Cc1ccccc1C(=O)c1c(O)[nH]c(=O)[nH]c1=O. The third-order valence-corrected chi connectivity index (χ3v) is 2.54. The minimum atomic E-state index is -0.912. The second-order valence-corrected chi connectivity index (χ2v) is 3.78. The van der Waals surface area contributed by atoms with Crippen molar-refractivity contribution in [2.24, 2.45) is 0 Å². The molecule has 0 spiro atoms. The van der Waals surface area contributed by atoms with Gasteiger partial charge in [0.15, 0.2) is 0 Å². The van der Waals surface area contributed by atoms with Crippen molar-refractivity contribution in [2.45, 2.75) is 6.92 Å². The van der Waals surface area contributed by atoms with Gasteiger partial charge in [0.05, 0.1) is 0 Å². The smallest absolute Gasteiger partial charge is 0.328 e. The number of hydrogen-bond donors (Lipinski definition) is 3. The molecule has 0 unspecified atom stereocenters. The van der Waals surface area contributed by atoms with Crippen LogP contribution in [0.5, 0.6) is 5.88 Å². The Balaban J connectivity index is 2.65. The Morgan fingerprint density at radius 3 is 2.44 bits per heavy atom. The molecule has 0 aliphatic rings. The molecule has 0 atom stereocenters. The average Bonchev–Trinajstić information content (AvgIpc) is 2.27. The lowest BCUT2D eigenvalue weighted by molar-refractivity contribution is 0.103. The molecule has 0 saturated heterocycles. The van der Waals surface area contributed by atoms with Crippen LogP contribution >= 0.6 is 0 Å². The van der Waals surface area contributed by atoms with Crippen LogP contribution in [-0.2, 0) is 0 Å². The summed E-state index contributed by atoms with van der Waals surface area (Å²) in [4.78, 5) is 38.4. The molecule has 0 bridgehead atoms. The average molecular weight is 246 g/mol. The first-order chi connectivity index (χ1) is 8.50. The zero-order chi connectivity index (χ0) is 13.3. The first-order valence-corrected chi connectivity index (χ1v) is 5.16. The van der Waals surface area contributed by atoms with Gasteiger partial charge in [-0.25, -0.2) is 4.79 Å². The number of benzene rings is 1. The van der Waals surface area contributed by atoms with Gasteiger partial charge in [0, 0.05) is 5.56 Å². The van der Waals surface area contributed by atoms with E-state index in [2.05, 4.69) is 0 Å². The van der Waals surface area contributed by atoms with Gasteiger partial charge in [-0.2, -0.15) is 0 Å². The largest absolute Gasteiger partial charge is 0.494 e. The third-order valence-electron chi connectivity index (χ3n) is 2.54. The number of nitrogens with one attached hydrogen (secondary N) is 2. The number of aromatic nitrogens is 2. The van der Waals surface area contributed by atoms with E-state index in [1.165, 1.54) is 0 Å². The second kappa shape index (κ2) is 4.33. The molecule has 18 heavy (non-hydrogen) atoms. The Labute approximate surface area is 101 Å². The van der Waals surface area contributed by atoms with Crippen LogP contribution in [0, 0.1) is 6.92 Å². The molecule has 0 amide bonds. The van der Waals surface area contributed by atoms with Gasteiger partial charge in [0.2, 0.25) is 11.7 Å². The Morgan fingerprint density at radius 1 is 1.17 bits per heavy atom. The van der Waals surface area contributed by atoms with Crippen LogP contribution < -0.4 is 11.2 Å². The zero-order valence-electron chi connectivity index (χ0n) is 9.48. The fourth-order valence-electron chi connectivity index (χ4n) is 1.65. The van der Waals surface area contributed by atoms with Crippen molar-refractivity contribution in [1.82, 2.24) is 9.97 Å². The van der Waals surface area contributed by atoms with E-state index in [-0.39, 0.29) is 0 Å². The standard InChI is InChI=1S/C12H10N2O4/c1-6-4-2-3-5-7(6)9(15)8-10(16)13-12(18)14-11(8)17/h2-5H,1H3,(H3,13,14,16,17,18).